The van der Waals surface area contributed by atoms with E-state index in [9.17, 15) is 4.79 Å². The Morgan fingerprint density at radius 1 is 1.00 bits per heavy atom. The molecular weight excluding hydrogens is 370 g/mol. The predicted molar refractivity (Wildman–Crippen MR) is 100 cm³/mol. The van der Waals surface area contributed by atoms with Gasteiger partial charge in [0.15, 0.2) is 23.0 Å². The molecule has 0 bridgehead atoms. The van der Waals surface area contributed by atoms with Crippen LogP contribution in [0.2, 0.25) is 5.02 Å². The lowest BCUT2D eigenvalue weighted by Gasteiger charge is -2.25. The van der Waals surface area contributed by atoms with Crippen LogP contribution >= 0.6 is 11.6 Å². The molecule has 4 rings (SSSR count). The first-order valence-electron chi connectivity index (χ1n) is 8.82. The molecule has 2 aliphatic rings. The van der Waals surface area contributed by atoms with Crippen molar-refractivity contribution in [2.45, 2.75) is 19.9 Å². The Bertz CT molecular complexity index is 883. The SMILES string of the molecule is CC(C)[C@H](NC(=O)c1cc(Cl)c2c(c1)OCO2)c1ccc2c(c1)OCCO2. The van der Waals surface area contributed by atoms with Gasteiger partial charge in [0.05, 0.1) is 11.1 Å². The fourth-order valence-corrected chi connectivity index (χ4v) is 3.48. The third-order valence-electron chi connectivity index (χ3n) is 4.57. The molecule has 0 fully saturated rings. The van der Waals surface area contributed by atoms with E-state index in [1.165, 1.54) is 0 Å². The van der Waals surface area contributed by atoms with Gasteiger partial charge in [-0.2, -0.15) is 0 Å². The van der Waals surface area contributed by atoms with E-state index in [0.717, 1.165) is 11.3 Å². The van der Waals surface area contributed by atoms with E-state index in [4.69, 9.17) is 30.5 Å². The molecule has 7 heteroatoms. The van der Waals surface area contributed by atoms with E-state index >= 15 is 0 Å². The molecule has 1 amide bonds. The summed E-state index contributed by atoms with van der Waals surface area (Å²) in [5.41, 5.74) is 1.38. The van der Waals surface area contributed by atoms with Crippen molar-refractivity contribution < 1.29 is 23.7 Å². The van der Waals surface area contributed by atoms with Crippen molar-refractivity contribution in [2.75, 3.05) is 20.0 Å². The molecule has 1 N–H and O–H groups in total. The third kappa shape index (κ3) is 3.49. The van der Waals surface area contributed by atoms with Crippen LogP contribution in [0.25, 0.3) is 0 Å². The molecule has 0 aliphatic carbocycles. The molecular formula is C20H20ClNO5. The maximum absolute atomic E-state index is 12.9. The van der Waals surface area contributed by atoms with Crippen LogP contribution in [0.4, 0.5) is 0 Å². The molecule has 0 saturated carbocycles. The predicted octanol–water partition coefficient (Wildman–Crippen LogP) is 3.97. The second-order valence-corrected chi connectivity index (χ2v) is 7.20. The summed E-state index contributed by atoms with van der Waals surface area (Å²) in [6.45, 7) is 5.26. The molecule has 0 unspecified atom stereocenters. The van der Waals surface area contributed by atoms with Crippen molar-refractivity contribution in [3.05, 3.63) is 46.5 Å². The lowest BCUT2D eigenvalue weighted by atomic mass is 9.95. The first-order valence-corrected chi connectivity index (χ1v) is 9.20. The minimum Gasteiger partial charge on any atom is -0.486 e. The van der Waals surface area contributed by atoms with Crippen LogP contribution in [0.3, 0.4) is 0 Å². The summed E-state index contributed by atoms with van der Waals surface area (Å²) in [5.74, 6) is 2.31. The van der Waals surface area contributed by atoms with Gasteiger partial charge in [0.1, 0.15) is 13.2 Å². The quantitative estimate of drug-likeness (QED) is 0.857. The van der Waals surface area contributed by atoms with E-state index in [1.807, 2.05) is 32.0 Å². The Hall–Kier alpha value is -2.60. The van der Waals surface area contributed by atoms with Gasteiger partial charge in [-0.1, -0.05) is 31.5 Å². The van der Waals surface area contributed by atoms with Crippen molar-refractivity contribution in [3.63, 3.8) is 0 Å². The zero-order valence-electron chi connectivity index (χ0n) is 15.1. The number of hydrogen-bond acceptors (Lipinski definition) is 5. The largest absolute Gasteiger partial charge is 0.486 e. The fraction of sp³-hybridized carbons (Fsp3) is 0.350. The summed E-state index contributed by atoms with van der Waals surface area (Å²) < 4.78 is 21.9. The number of fused-ring (bicyclic) bond motifs is 2. The van der Waals surface area contributed by atoms with E-state index in [1.54, 1.807) is 12.1 Å². The van der Waals surface area contributed by atoms with Gasteiger partial charge < -0.3 is 24.3 Å². The fourth-order valence-electron chi connectivity index (χ4n) is 3.21. The van der Waals surface area contributed by atoms with Crippen molar-refractivity contribution in [1.29, 1.82) is 0 Å². The minimum atomic E-state index is -0.233. The van der Waals surface area contributed by atoms with Crippen LogP contribution < -0.4 is 24.3 Å². The van der Waals surface area contributed by atoms with E-state index in [0.29, 0.717) is 41.0 Å². The van der Waals surface area contributed by atoms with Crippen molar-refractivity contribution in [2.24, 2.45) is 5.92 Å². The molecule has 1 atom stereocenters. The topological polar surface area (TPSA) is 66.0 Å². The van der Waals surface area contributed by atoms with Gasteiger partial charge in [-0.05, 0) is 35.7 Å². The number of carbonyl (C=O) groups excluding carboxylic acids is 1. The lowest BCUT2D eigenvalue weighted by Crippen LogP contribution is -2.32. The average Bonchev–Trinajstić information content (AvgIpc) is 3.14. The smallest absolute Gasteiger partial charge is 0.251 e. The highest BCUT2D eigenvalue weighted by Gasteiger charge is 2.25. The number of carbonyl (C=O) groups is 1. The summed E-state index contributed by atoms with van der Waals surface area (Å²) in [7, 11) is 0. The summed E-state index contributed by atoms with van der Waals surface area (Å²) in [6, 6.07) is 8.79. The number of amides is 1. The molecule has 0 spiro atoms. The highest BCUT2D eigenvalue weighted by atomic mass is 35.5. The van der Waals surface area contributed by atoms with Crippen molar-refractivity contribution in [3.8, 4) is 23.0 Å². The van der Waals surface area contributed by atoms with Crippen LogP contribution in [-0.2, 0) is 0 Å². The monoisotopic (exact) mass is 389 g/mol. The second-order valence-electron chi connectivity index (χ2n) is 6.79. The Morgan fingerprint density at radius 2 is 1.78 bits per heavy atom. The van der Waals surface area contributed by atoms with Gasteiger partial charge in [0, 0.05) is 5.56 Å². The van der Waals surface area contributed by atoms with Gasteiger partial charge in [0.25, 0.3) is 5.91 Å². The van der Waals surface area contributed by atoms with Gasteiger partial charge in [0.2, 0.25) is 6.79 Å². The first kappa shape index (κ1) is 17.8. The molecule has 27 heavy (non-hydrogen) atoms. The van der Waals surface area contributed by atoms with Gasteiger partial charge >= 0.3 is 0 Å². The van der Waals surface area contributed by atoms with Gasteiger partial charge in [-0.25, -0.2) is 0 Å². The summed E-state index contributed by atoms with van der Waals surface area (Å²) >= 11 is 6.20. The lowest BCUT2D eigenvalue weighted by molar-refractivity contribution is 0.0925. The van der Waals surface area contributed by atoms with Crippen LogP contribution in [0.1, 0.15) is 35.8 Å². The number of halogens is 1. The molecule has 6 nitrogen and oxygen atoms in total. The first-order chi connectivity index (χ1) is 13.0. The van der Waals surface area contributed by atoms with Gasteiger partial charge in [-0.3, -0.25) is 4.79 Å². The minimum absolute atomic E-state index is 0.103. The number of nitrogens with one attached hydrogen (secondary N) is 1. The Labute approximate surface area is 162 Å². The zero-order chi connectivity index (χ0) is 19.0. The van der Waals surface area contributed by atoms with Crippen LogP contribution in [-0.4, -0.2) is 25.9 Å². The third-order valence-corrected chi connectivity index (χ3v) is 4.85. The van der Waals surface area contributed by atoms with Crippen LogP contribution in [0, 0.1) is 5.92 Å². The van der Waals surface area contributed by atoms with Crippen molar-refractivity contribution in [1.82, 2.24) is 5.32 Å². The summed E-state index contributed by atoms with van der Waals surface area (Å²) in [6.07, 6.45) is 0. The molecule has 142 valence electrons. The molecule has 2 aliphatic heterocycles. The van der Waals surface area contributed by atoms with Crippen LogP contribution in [0.15, 0.2) is 30.3 Å². The van der Waals surface area contributed by atoms with Crippen molar-refractivity contribution >= 4 is 17.5 Å². The molecule has 2 aromatic carbocycles. The van der Waals surface area contributed by atoms with Gasteiger partial charge in [-0.15, -0.1) is 0 Å². The Kier molecular flexibility index (Phi) is 4.74. The molecule has 2 heterocycles. The summed E-state index contributed by atoms with van der Waals surface area (Å²) in [5, 5.41) is 3.44. The number of hydrogen-bond donors (Lipinski definition) is 1. The van der Waals surface area contributed by atoms with E-state index in [2.05, 4.69) is 5.32 Å². The normalized spacial score (nSPS) is 15.6. The highest BCUT2D eigenvalue weighted by molar-refractivity contribution is 6.32. The van der Waals surface area contributed by atoms with E-state index < -0.39 is 0 Å². The molecule has 2 aromatic rings. The number of ether oxygens (including phenoxy) is 4. The van der Waals surface area contributed by atoms with E-state index in [-0.39, 0.29) is 24.7 Å². The second kappa shape index (κ2) is 7.19. The molecule has 0 radical (unpaired) electrons. The number of rotatable bonds is 4. The Balaban J connectivity index is 1.59. The zero-order valence-corrected chi connectivity index (χ0v) is 15.8. The molecule has 0 saturated heterocycles. The molecule has 0 aromatic heterocycles. The highest BCUT2D eigenvalue weighted by Crippen LogP contribution is 2.40. The average molecular weight is 390 g/mol. The Morgan fingerprint density at radius 3 is 2.56 bits per heavy atom. The van der Waals surface area contributed by atoms with Crippen LogP contribution in [0.5, 0.6) is 23.0 Å². The number of benzene rings is 2. The maximum Gasteiger partial charge on any atom is 0.251 e. The summed E-state index contributed by atoms with van der Waals surface area (Å²) in [4.78, 5) is 12.9. The maximum atomic E-state index is 12.9. The standard InChI is InChI=1S/C20H20ClNO5/c1-11(2)18(12-3-4-15-16(8-12)25-6-5-24-15)22-20(23)13-7-14(21)19-17(9-13)26-10-27-19/h3-4,7-9,11,18H,5-6,10H2,1-2H3,(H,22,23)/t18-/m0/s1.